The van der Waals surface area contributed by atoms with Crippen LogP contribution in [0.1, 0.15) is 30.1 Å². The van der Waals surface area contributed by atoms with Crippen LogP contribution in [0.3, 0.4) is 0 Å². The summed E-state index contributed by atoms with van der Waals surface area (Å²) in [6, 6.07) is 4.96. The van der Waals surface area contributed by atoms with Crippen molar-refractivity contribution in [2.24, 2.45) is 0 Å². The molecule has 0 bridgehead atoms. The highest BCUT2D eigenvalue weighted by Crippen LogP contribution is 2.30. The molecule has 0 spiro atoms. The molecule has 3 rings (SSSR count). The minimum atomic E-state index is -0.368. The summed E-state index contributed by atoms with van der Waals surface area (Å²) in [6.45, 7) is 3.72. The lowest BCUT2D eigenvalue weighted by molar-refractivity contribution is 0.0976. The van der Waals surface area contributed by atoms with Crippen molar-refractivity contribution in [1.29, 1.82) is 0 Å². The molecule has 1 aromatic heterocycles. The lowest BCUT2D eigenvalue weighted by Gasteiger charge is -2.18. The number of ether oxygens (including phenoxy) is 2. The normalized spacial score (nSPS) is 12.5. The monoisotopic (exact) mass is 362 g/mol. The number of nitrogens with zero attached hydrogens (tertiary/aromatic N) is 4. The van der Waals surface area contributed by atoms with Crippen molar-refractivity contribution in [3.8, 4) is 11.5 Å². The molecule has 0 aliphatic carbocycles. The zero-order valence-corrected chi connectivity index (χ0v) is 14.5. The number of thiocarbonyl (C=S) groups is 1. The van der Waals surface area contributed by atoms with Crippen LogP contribution in [0.5, 0.6) is 11.5 Å². The quantitative estimate of drug-likeness (QED) is 0.769. The van der Waals surface area contributed by atoms with E-state index in [-0.39, 0.29) is 17.0 Å². The first kappa shape index (κ1) is 17.1. The summed E-state index contributed by atoms with van der Waals surface area (Å²) in [4.78, 5) is 13.8. The number of anilines is 1. The Balaban J connectivity index is 1.57. The average molecular weight is 362 g/mol. The van der Waals surface area contributed by atoms with Gasteiger partial charge in [-0.05, 0) is 42.1 Å². The van der Waals surface area contributed by atoms with Crippen molar-refractivity contribution in [2.45, 2.75) is 26.3 Å². The van der Waals surface area contributed by atoms with E-state index in [0.29, 0.717) is 36.8 Å². The highest BCUT2D eigenvalue weighted by Gasteiger charge is 2.16. The maximum atomic E-state index is 12.3. The van der Waals surface area contributed by atoms with Crippen molar-refractivity contribution in [3.05, 3.63) is 23.8 Å². The third-order valence-corrected chi connectivity index (χ3v) is 3.63. The highest BCUT2D eigenvalue weighted by molar-refractivity contribution is 7.80. The van der Waals surface area contributed by atoms with E-state index in [1.54, 1.807) is 18.2 Å². The fourth-order valence-electron chi connectivity index (χ4n) is 2.18. The minimum Gasteiger partial charge on any atom is -0.486 e. The van der Waals surface area contributed by atoms with Crippen LogP contribution in [0.4, 0.5) is 5.95 Å². The summed E-state index contributed by atoms with van der Waals surface area (Å²) in [7, 11) is 0. The number of nitrogens with one attached hydrogen (secondary N) is 2. The van der Waals surface area contributed by atoms with Crippen molar-refractivity contribution in [2.75, 3.05) is 18.5 Å². The number of rotatable bonds is 5. The molecular formula is C15H18N6O3S. The number of unbranched alkanes of at least 4 members (excludes halogenated alkanes) is 1. The third kappa shape index (κ3) is 4.41. The molecule has 9 nitrogen and oxygen atoms in total. The summed E-state index contributed by atoms with van der Waals surface area (Å²) in [6.07, 6.45) is 2.00. The molecule has 2 N–H and O–H groups in total. The van der Waals surface area contributed by atoms with E-state index in [9.17, 15) is 4.79 Å². The molecule has 2 aromatic rings. The van der Waals surface area contributed by atoms with Crippen LogP contribution >= 0.6 is 12.2 Å². The predicted molar refractivity (Wildman–Crippen MR) is 93.8 cm³/mol. The van der Waals surface area contributed by atoms with Crippen LogP contribution in [0.25, 0.3) is 0 Å². The smallest absolute Gasteiger partial charge is 0.269 e. The van der Waals surface area contributed by atoms with Crippen molar-refractivity contribution < 1.29 is 14.3 Å². The maximum Gasteiger partial charge on any atom is 0.269 e. The number of fused-ring (bicyclic) bond motifs is 1. The van der Waals surface area contributed by atoms with Gasteiger partial charge in [0.2, 0.25) is 0 Å². The molecular weight excluding hydrogens is 344 g/mol. The number of amides is 1. The SMILES string of the molecule is CCCCn1nnc(NC(=S)NC(=O)c2ccc3c(c2)OCCO3)n1. The predicted octanol–water partition coefficient (Wildman–Crippen LogP) is 1.37. The zero-order chi connectivity index (χ0) is 17.6. The molecule has 132 valence electrons. The first-order chi connectivity index (χ1) is 12.2. The fraction of sp³-hybridized carbons (Fsp3) is 0.400. The van der Waals surface area contributed by atoms with Crippen molar-refractivity contribution in [1.82, 2.24) is 25.5 Å². The Labute approximate surface area is 149 Å². The maximum absolute atomic E-state index is 12.3. The Morgan fingerprint density at radius 2 is 2.12 bits per heavy atom. The van der Waals surface area contributed by atoms with E-state index < -0.39 is 0 Å². The number of benzene rings is 1. The number of carbonyl (C=O) groups excluding carboxylic acids is 1. The van der Waals surface area contributed by atoms with Gasteiger partial charge in [0.15, 0.2) is 16.6 Å². The number of carbonyl (C=O) groups is 1. The lowest BCUT2D eigenvalue weighted by atomic mass is 10.2. The van der Waals surface area contributed by atoms with E-state index in [2.05, 4.69) is 33.0 Å². The second-order valence-corrected chi connectivity index (χ2v) is 5.74. The van der Waals surface area contributed by atoms with E-state index in [0.717, 1.165) is 12.8 Å². The van der Waals surface area contributed by atoms with Crippen molar-refractivity contribution >= 4 is 29.2 Å². The van der Waals surface area contributed by atoms with E-state index in [1.165, 1.54) is 4.80 Å². The minimum absolute atomic E-state index is 0.0925. The topological polar surface area (TPSA) is 103 Å². The molecule has 0 unspecified atom stereocenters. The molecule has 1 aliphatic rings. The Morgan fingerprint density at radius 3 is 2.92 bits per heavy atom. The lowest BCUT2D eigenvalue weighted by Crippen LogP contribution is -2.34. The molecule has 10 heteroatoms. The van der Waals surface area contributed by atoms with Gasteiger partial charge >= 0.3 is 0 Å². The van der Waals surface area contributed by atoms with Crippen molar-refractivity contribution in [3.63, 3.8) is 0 Å². The third-order valence-electron chi connectivity index (χ3n) is 3.42. The summed E-state index contributed by atoms with van der Waals surface area (Å²) in [5, 5.41) is 17.3. The molecule has 0 saturated heterocycles. The van der Waals surface area contributed by atoms with Gasteiger partial charge < -0.3 is 9.47 Å². The van der Waals surface area contributed by atoms with Crippen LogP contribution in [0, 0.1) is 0 Å². The van der Waals surface area contributed by atoms with Gasteiger partial charge in [-0.15, -0.1) is 5.10 Å². The zero-order valence-electron chi connectivity index (χ0n) is 13.7. The molecule has 2 heterocycles. The number of hydrogen-bond donors (Lipinski definition) is 2. The Morgan fingerprint density at radius 1 is 1.32 bits per heavy atom. The molecule has 1 amide bonds. The molecule has 0 atom stereocenters. The number of tetrazole rings is 1. The van der Waals surface area contributed by atoms with Gasteiger partial charge in [0, 0.05) is 5.56 Å². The molecule has 25 heavy (non-hydrogen) atoms. The molecule has 0 fully saturated rings. The first-order valence-corrected chi connectivity index (χ1v) is 8.36. The summed E-state index contributed by atoms with van der Waals surface area (Å²) in [5.41, 5.74) is 0.410. The number of aromatic nitrogens is 4. The standard InChI is InChI=1S/C15H18N6O3S/c1-2-3-6-21-19-14(18-20-21)17-15(25)16-13(22)10-4-5-11-12(9-10)24-8-7-23-11/h4-5,9H,2-3,6-8H2,1H3,(H2,16,17,19,22,25). The summed E-state index contributed by atoms with van der Waals surface area (Å²) >= 11 is 5.11. The van der Waals surface area contributed by atoms with Gasteiger partial charge in [-0.2, -0.15) is 4.80 Å². The van der Waals surface area contributed by atoms with Gasteiger partial charge in [-0.25, -0.2) is 0 Å². The van der Waals surface area contributed by atoms with Crippen LogP contribution in [0.2, 0.25) is 0 Å². The first-order valence-electron chi connectivity index (χ1n) is 7.95. The molecule has 0 saturated carbocycles. The van der Waals surface area contributed by atoms with Gasteiger partial charge in [0.25, 0.3) is 11.9 Å². The van der Waals surface area contributed by atoms with Crippen LogP contribution in [0.15, 0.2) is 18.2 Å². The second kappa shape index (κ2) is 7.88. The summed E-state index contributed by atoms with van der Waals surface area (Å²) in [5.74, 6) is 1.03. The van der Waals surface area contributed by atoms with E-state index in [1.807, 2.05) is 0 Å². The molecule has 1 aliphatic heterocycles. The van der Waals surface area contributed by atoms with Crippen LogP contribution < -0.4 is 20.1 Å². The van der Waals surface area contributed by atoms with Crippen LogP contribution in [-0.4, -0.2) is 44.4 Å². The summed E-state index contributed by atoms with van der Waals surface area (Å²) < 4.78 is 10.9. The van der Waals surface area contributed by atoms with E-state index >= 15 is 0 Å². The Bertz CT molecular complexity index is 778. The van der Waals surface area contributed by atoms with Crippen LogP contribution in [-0.2, 0) is 6.54 Å². The fourth-order valence-corrected chi connectivity index (χ4v) is 2.36. The highest BCUT2D eigenvalue weighted by atomic mass is 32.1. The van der Waals surface area contributed by atoms with Gasteiger partial charge in [-0.3, -0.25) is 15.4 Å². The van der Waals surface area contributed by atoms with Gasteiger partial charge in [0.1, 0.15) is 13.2 Å². The molecule has 0 radical (unpaired) electrons. The second-order valence-electron chi connectivity index (χ2n) is 5.33. The van der Waals surface area contributed by atoms with Gasteiger partial charge in [-0.1, -0.05) is 18.4 Å². The van der Waals surface area contributed by atoms with E-state index in [4.69, 9.17) is 21.7 Å². The largest absolute Gasteiger partial charge is 0.486 e. The van der Waals surface area contributed by atoms with Gasteiger partial charge in [0.05, 0.1) is 6.54 Å². The number of hydrogen-bond acceptors (Lipinski definition) is 7. The Kier molecular flexibility index (Phi) is 5.39. The average Bonchev–Trinajstić information content (AvgIpc) is 3.06. The Hall–Kier alpha value is -2.75. The molecule has 1 aromatic carbocycles. The number of aryl methyl sites for hydroxylation is 1.